The Hall–Kier alpha value is -0.930. The van der Waals surface area contributed by atoms with Crippen LogP contribution in [0.2, 0.25) is 0 Å². The summed E-state index contributed by atoms with van der Waals surface area (Å²) in [7, 11) is 1.70. The largest absolute Gasteiger partial charge is 0.383 e. The summed E-state index contributed by atoms with van der Waals surface area (Å²) < 4.78 is 19.2. The summed E-state index contributed by atoms with van der Waals surface area (Å²) in [5.74, 6) is 1.32. The summed E-state index contributed by atoms with van der Waals surface area (Å²) in [6.07, 6.45) is 2.15. The van der Waals surface area contributed by atoms with E-state index in [9.17, 15) is 4.39 Å². The molecule has 0 saturated heterocycles. The van der Waals surface area contributed by atoms with Gasteiger partial charge in [0.05, 0.1) is 6.61 Å². The van der Waals surface area contributed by atoms with Crippen molar-refractivity contribution in [3.8, 4) is 0 Å². The summed E-state index contributed by atoms with van der Waals surface area (Å²) in [4.78, 5) is 0. The van der Waals surface area contributed by atoms with Gasteiger partial charge in [0.15, 0.2) is 0 Å². The second-order valence-corrected chi connectivity index (χ2v) is 6.34. The lowest BCUT2D eigenvalue weighted by atomic mass is 9.55. The standard InChI is InChI=1S/C17H26FNO/c1-13(2)14-10-17(11-14,12-19-8-9-20-3)15-6-4-5-7-16(15)18/h4-7,13-14,19H,8-12H2,1-3H3. The Bertz CT molecular complexity index is 427. The van der Waals surface area contributed by atoms with E-state index in [2.05, 4.69) is 19.2 Å². The molecule has 20 heavy (non-hydrogen) atoms. The Labute approximate surface area is 121 Å². The zero-order chi connectivity index (χ0) is 14.6. The van der Waals surface area contributed by atoms with Gasteiger partial charge in [-0.05, 0) is 36.3 Å². The Morgan fingerprint density at radius 1 is 1.35 bits per heavy atom. The molecule has 2 nitrogen and oxygen atoms in total. The minimum absolute atomic E-state index is 0.0337. The van der Waals surface area contributed by atoms with Gasteiger partial charge in [-0.25, -0.2) is 4.39 Å². The number of nitrogens with one attached hydrogen (secondary N) is 1. The average molecular weight is 279 g/mol. The molecule has 112 valence electrons. The first-order chi connectivity index (χ1) is 9.59. The number of rotatable bonds is 7. The monoisotopic (exact) mass is 279 g/mol. The maximum atomic E-state index is 14.2. The van der Waals surface area contributed by atoms with Crippen LogP contribution >= 0.6 is 0 Å². The van der Waals surface area contributed by atoms with Gasteiger partial charge in [-0.2, -0.15) is 0 Å². The lowest BCUT2D eigenvalue weighted by Gasteiger charge is -2.50. The molecule has 0 aliphatic heterocycles. The van der Waals surface area contributed by atoms with Gasteiger partial charge in [-0.15, -0.1) is 0 Å². The lowest BCUT2D eigenvalue weighted by molar-refractivity contribution is 0.0918. The van der Waals surface area contributed by atoms with E-state index < -0.39 is 0 Å². The molecule has 0 amide bonds. The van der Waals surface area contributed by atoms with Crippen LogP contribution in [-0.4, -0.2) is 26.8 Å². The minimum atomic E-state index is -0.0664. The van der Waals surface area contributed by atoms with E-state index in [1.54, 1.807) is 19.2 Å². The first-order valence-electron chi connectivity index (χ1n) is 7.54. The van der Waals surface area contributed by atoms with Crippen LogP contribution in [0.15, 0.2) is 24.3 Å². The highest BCUT2D eigenvalue weighted by atomic mass is 19.1. The van der Waals surface area contributed by atoms with E-state index in [0.717, 1.165) is 31.5 Å². The van der Waals surface area contributed by atoms with E-state index in [4.69, 9.17) is 4.74 Å². The first kappa shape index (κ1) is 15.5. The minimum Gasteiger partial charge on any atom is -0.383 e. The smallest absolute Gasteiger partial charge is 0.127 e. The van der Waals surface area contributed by atoms with Crippen LogP contribution in [0.3, 0.4) is 0 Å². The maximum Gasteiger partial charge on any atom is 0.127 e. The number of hydrogen-bond donors (Lipinski definition) is 1. The predicted molar refractivity (Wildman–Crippen MR) is 80.4 cm³/mol. The normalized spacial score (nSPS) is 25.8. The summed E-state index contributed by atoms with van der Waals surface area (Å²) in [5.41, 5.74) is 0.843. The fourth-order valence-electron chi connectivity index (χ4n) is 3.27. The highest BCUT2D eigenvalue weighted by molar-refractivity contribution is 5.31. The van der Waals surface area contributed by atoms with Crippen molar-refractivity contribution in [1.82, 2.24) is 5.32 Å². The van der Waals surface area contributed by atoms with Gasteiger partial charge in [0.2, 0.25) is 0 Å². The SMILES string of the molecule is COCCNCC1(c2ccccc2F)CC(C(C)C)C1. The maximum absolute atomic E-state index is 14.2. The quantitative estimate of drug-likeness (QED) is 0.773. The van der Waals surface area contributed by atoms with Crippen molar-refractivity contribution in [2.45, 2.75) is 32.1 Å². The van der Waals surface area contributed by atoms with Crippen molar-refractivity contribution in [3.05, 3.63) is 35.6 Å². The highest BCUT2D eigenvalue weighted by Crippen LogP contribution is 2.50. The molecule has 1 saturated carbocycles. The van der Waals surface area contributed by atoms with Crippen LogP contribution < -0.4 is 5.32 Å². The molecule has 0 bridgehead atoms. The highest BCUT2D eigenvalue weighted by Gasteiger charge is 2.47. The Kier molecular flexibility index (Phi) is 5.17. The van der Waals surface area contributed by atoms with Gasteiger partial charge in [0, 0.05) is 25.6 Å². The summed E-state index contributed by atoms with van der Waals surface area (Å²) in [6.45, 7) is 6.86. The molecule has 0 spiro atoms. The van der Waals surface area contributed by atoms with E-state index in [-0.39, 0.29) is 11.2 Å². The van der Waals surface area contributed by atoms with Gasteiger partial charge < -0.3 is 10.1 Å². The van der Waals surface area contributed by atoms with E-state index in [1.807, 2.05) is 12.1 Å². The van der Waals surface area contributed by atoms with Crippen molar-refractivity contribution in [1.29, 1.82) is 0 Å². The second-order valence-electron chi connectivity index (χ2n) is 6.34. The third-order valence-corrected chi connectivity index (χ3v) is 4.64. The molecule has 1 aromatic carbocycles. The fraction of sp³-hybridized carbons (Fsp3) is 0.647. The number of hydrogen-bond acceptors (Lipinski definition) is 2. The van der Waals surface area contributed by atoms with Crippen molar-refractivity contribution < 1.29 is 9.13 Å². The first-order valence-corrected chi connectivity index (χ1v) is 7.54. The zero-order valence-electron chi connectivity index (χ0n) is 12.8. The van der Waals surface area contributed by atoms with E-state index in [1.165, 1.54) is 0 Å². The summed E-state index contributed by atoms with van der Waals surface area (Å²) >= 11 is 0. The molecule has 0 aromatic heterocycles. The van der Waals surface area contributed by atoms with Crippen LogP contribution in [0.1, 0.15) is 32.3 Å². The third kappa shape index (κ3) is 3.21. The molecule has 3 heteroatoms. The number of methoxy groups -OCH3 is 1. The molecular formula is C17H26FNO. The van der Waals surface area contributed by atoms with E-state index in [0.29, 0.717) is 18.4 Å². The summed E-state index contributed by atoms with van der Waals surface area (Å²) in [6, 6.07) is 7.24. The Morgan fingerprint density at radius 2 is 2.05 bits per heavy atom. The lowest BCUT2D eigenvalue weighted by Crippen LogP contribution is -2.50. The molecule has 0 unspecified atom stereocenters. The molecule has 1 aliphatic carbocycles. The molecule has 2 rings (SSSR count). The average Bonchev–Trinajstić information content (AvgIpc) is 2.37. The molecular weight excluding hydrogens is 253 g/mol. The van der Waals surface area contributed by atoms with E-state index >= 15 is 0 Å². The Balaban J connectivity index is 2.08. The van der Waals surface area contributed by atoms with Crippen molar-refractivity contribution in [2.24, 2.45) is 11.8 Å². The van der Waals surface area contributed by atoms with Crippen LogP contribution in [0, 0.1) is 17.7 Å². The predicted octanol–water partition coefficient (Wildman–Crippen LogP) is 3.37. The topological polar surface area (TPSA) is 21.3 Å². The molecule has 1 fully saturated rings. The third-order valence-electron chi connectivity index (χ3n) is 4.64. The van der Waals surface area contributed by atoms with Gasteiger partial charge in [0.1, 0.15) is 5.82 Å². The zero-order valence-corrected chi connectivity index (χ0v) is 12.8. The van der Waals surface area contributed by atoms with Gasteiger partial charge >= 0.3 is 0 Å². The van der Waals surface area contributed by atoms with Crippen LogP contribution in [0.25, 0.3) is 0 Å². The van der Waals surface area contributed by atoms with Crippen molar-refractivity contribution in [3.63, 3.8) is 0 Å². The van der Waals surface area contributed by atoms with Gasteiger partial charge in [0.25, 0.3) is 0 Å². The van der Waals surface area contributed by atoms with Crippen LogP contribution in [0.4, 0.5) is 4.39 Å². The van der Waals surface area contributed by atoms with Crippen molar-refractivity contribution in [2.75, 3.05) is 26.8 Å². The van der Waals surface area contributed by atoms with Crippen LogP contribution in [0.5, 0.6) is 0 Å². The molecule has 0 heterocycles. The summed E-state index contributed by atoms with van der Waals surface area (Å²) in [5, 5.41) is 3.42. The molecule has 1 aliphatic rings. The fourth-order valence-corrected chi connectivity index (χ4v) is 3.27. The molecule has 1 aromatic rings. The van der Waals surface area contributed by atoms with Gasteiger partial charge in [-0.1, -0.05) is 32.0 Å². The number of ether oxygens (including phenoxy) is 1. The number of halogens is 1. The molecule has 0 radical (unpaired) electrons. The number of benzene rings is 1. The van der Waals surface area contributed by atoms with Gasteiger partial charge in [-0.3, -0.25) is 0 Å². The Morgan fingerprint density at radius 3 is 2.65 bits per heavy atom. The second kappa shape index (κ2) is 6.68. The molecule has 0 atom stereocenters. The molecule has 1 N–H and O–H groups in total. The van der Waals surface area contributed by atoms with Crippen LogP contribution in [-0.2, 0) is 10.2 Å². The van der Waals surface area contributed by atoms with Crippen molar-refractivity contribution >= 4 is 0 Å².